The summed E-state index contributed by atoms with van der Waals surface area (Å²) in [5.74, 6) is 2.65. The second-order valence-corrected chi connectivity index (χ2v) is 9.18. The van der Waals surface area contributed by atoms with Crippen molar-refractivity contribution < 1.29 is 14.7 Å². The van der Waals surface area contributed by atoms with Crippen LogP contribution in [0.5, 0.6) is 0 Å². The number of benzene rings is 2. The predicted octanol–water partition coefficient (Wildman–Crippen LogP) is 3.81. The molecule has 2 heterocycles. The molecule has 1 amide bonds. The third kappa shape index (κ3) is 6.11. The third-order valence-corrected chi connectivity index (χ3v) is 6.92. The third-order valence-electron chi connectivity index (χ3n) is 6.22. The molecule has 2 aliphatic rings. The van der Waals surface area contributed by atoms with E-state index in [0.29, 0.717) is 18.3 Å². The highest BCUT2D eigenvalue weighted by Gasteiger charge is 2.48. The monoisotopic (exact) mass is 440 g/mol. The van der Waals surface area contributed by atoms with Crippen LogP contribution in [0.3, 0.4) is 0 Å². The SMILES string of the molecule is CSCCCN1C[C@H]2CN(C(=O)Cc3ccccc3)[C@H](c3ccccc3)[C@H]2C1.O=CO. The second kappa shape index (κ2) is 11.9. The van der Waals surface area contributed by atoms with E-state index in [0.717, 1.165) is 25.2 Å². The highest BCUT2D eigenvalue weighted by Crippen LogP contribution is 2.45. The molecule has 0 radical (unpaired) electrons. The lowest BCUT2D eigenvalue weighted by Gasteiger charge is -2.30. The molecule has 6 heteroatoms. The van der Waals surface area contributed by atoms with E-state index < -0.39 is 0 Å². The van der Waals surface area contributed by atoms with Gasteiger partial charge in [-0.15, -0.1) is 0 Å². The molecule has 0 saturated carbocycles. The summed E-state index contributed by atoms with van der Waals surface area (Å²) in [5, 5.41) is 6.89. The van der Waals surface area contributed by atoms with E-state index in [4.69, 9.17) is 9.90 Å². The van der Waals surface area contributed by atoms with Crippen LogP contribution in [0, 0.1) is 11.8 Å². The number of likely N-dealkylation sites (tertiary alicyclic amines) is 2. The molecule has 2 saturated heterocycles. The van der Waals surface area contributed by atoms with Gasteiger partial charge in [0.15, 0.2) is 0 Å². The molecule has 0 spiro atoms. The predicted molar refractivity (Wildman–Crippen MR) is 126 cm³/mol. The summed E-state index contributed by atoms with van der Waals surface area (Å²) >= 11 is 1.93. The Morgan fingerprint density at radius 1 is 1.06 bits per heavy atom. The maximum Gasteiger partial charge on any atom is 0.290 e. The van der Waals surface area contributed by atoms with Crippen molar-refractivity contribution in [1.29, 1.82) is 0 Å². The average molecular weight is 441 g/mol. The molecule has 3 atom stereocenters. The van der Waals surface area contributed by atoms with Crippen molar-refractivity contribution in [1.82, 2.24) is 9.80 Å². The molecule has 4 rings (SSSR count). The molecule has 0 aromatic heterocycles. The first-order valence-corrected chi connectivity index (χ1v) is 12.2. The zero-order valence-electron chi connectivity index (χ0n) is 18.1. The molecule has 1 N–H and O–H groups in total. The van der Waals surface area contributed by atoms with Crippen molar-refractivity contribution in [3.05, 3.63) is 71.8 Å². The second-order valence-electron chi connectivity index (χ2n) is 8.20. The van der Waals surface area contributed by atoms with Gasteiger partial charge in [0, 0.05) is 25.6 Å². The van der Waals surface area contributed by atoms with E-state index in [-0.39, 0.29) is 18.4 Å². The summed E-state index contributed by atoms with van der Waals surface area (Å²) in [5.41, 5.74) is 2.40. The number of fused-ring (bicyclic) bond motifs is 1. The van der Waals surface area contributed by atoms with Crippen LogP contribution in [0.15, 0.2) is 60.7 Å². The first kappa shape index (κ1) is 23.4. The number of hydrogen-bond donors (Lipinski definition) is 1. The Morgan fingerprint density at radius 3 is 2.35 bits per heavy atom. The number of carbonyl (C=O) groups is 2. The molecular weight excluding hydrogens is 408 g/mol. The number of rotatable bonds is 7. The van der Waals surface area contributed by atoms with Crippen molar-refractivity contribution in [3.63, 3.8) is 0 Å². The first-order valence-electron chi connectivity index (χ1n) is 10.9. The van der Waals surface area contributed by atoms with Crippen LogP contribution in [-0.2, 0) is 16.0 Å². The fraction of sp³-hybridized carbons (Fsp3) is 0.440. The Labute approximate surface area is 189 Å². The van der Waals surface area contributed by atoms with Gasteiger partial charge in [-0.3, -0.25) is 9.59 Å². The van der Waals surface area contributed by atoms with Crippen molar-refractivity contribution >= 4 is 24.1 Å². The maximum atomic E-state index is 13.2. The van der Waals surface area contributed by atoms with Gasteiger partial charge < -0.3 is 14.9 Å². The number of carbonyl (C=O) groups excluding carboxylic acids is 1. The van der Waals surface area contributed by atoms with Crippen LogP contribution in [-0.4, -0.2) is 65.5 Å². The molecule has 2 aliphatic heterocycles. The van der Waals surface area contributed by atoms with Gasteiger partial charge in [0.2, 0.25) is 5.91 Å². The number of carboxylic acid groups (broad SMARTS) is 1. The fourth-order valence-corrected chi connectivity index (χ4v) is 5.38. The van der Waals surface area contributed by atoms with E-state index in [9.17, 15) is 4.79 Å². The minimum atomic E-state index is -0.250. The standard InChI is InChI=1S/C24H30N2OS.CH2O2/c1-28-14-8-13-25-16-21-17-26(23(27)15-19-9-4-2-5-10-19)24(22(21)18-25)20-11-6-3-7-12-20;2-1-3/h2-7,9-12,21-22,24H,8,13-18H2,1H3;1H,(H,2,3)/t21-,22-,24+;/m0./s1. The Morgan fingerprint density at radius 2 is 1.71 bits per heavy atom. The zero-order chi connectivity index (χ0) is 22.1. The van der Waals surface area contributed by atoms with Gasteiger partial charge in [0.1, 0.15) is 0 Å². The number of amides is 1. The first-order chi connectivity index (χ1) is 15.2. The van der Waals surface area contributed by atoms with E-state index in [2.05, 4.69) is 58.5 Å². The topological polar surface area (TPSA) is 60.9 Å². The Bertz CT molecular complexity index is 818. The van der Waals surface area contributed by atoms with Gasteiger partial charge in [0.25, 0.3) is 6.47 Å². The van der Waals surface area contributed by atoms with Crippen molar-refractivity contribution in [2.24, 2.45) is 11.8 Å². The highest BCUT2D eigenvalue weighted by molar-refractivity contribution is 7.98. The molecule has 2 aromatic carbocycles. The minimum Gasteiger partial charge on any atom is -0.483 e. The molecule has 0 aliphatic carbocycles. The number of thioether (sulfide) groups is 1. The molecule has 31 heavy (non-hydrogen) atoms. The average Bonchev–Trinajstić information content (AvgIpc) is 3.33. The van der Waals surface area contributed by atoms with E-state index in [1.807, 2.05) is 30.0 Å². The largest absolute Gasteiger partial charge is 0.483 e. The number of hydrogen-bond acceptors (Lipinski definition) is 4. The lowest BCUT2D eigenvalue weighted by atomic mass is 9.89. The Hall–Kier alpha value is -2.31. The summed E-state index contributed by atoms with van der Waals surface area (Å²) in [7, 11) is 0. The molecule has 166 valence electrons. The van der Waals surface area contributed by atoms with Gasteiger partial charge in [-0.05, 0) is 42.0 Å². The normalized spacial score (nSPS) is 22.5. The van der Waals surface area contributed by atoms with Crippen LogP contribution < -0.4 is 0 Å². The van der Waals surface area contributed by atoms with Gasteiger partial charge in [-0.2, -0.15) is 11.8 Å². The van der Waals surface area contributed by atoms with E-state index in [1.54, 1.807) is 0 Å². The van der Waals surface area contributed by atoms with Crippen LogP contribution >= 0.6 is 11.8 Å². The molecule has 5 nitrogen and oxygen atoms in total. The molecule has 2 fully saturated rings. The minimum absolute atomic E-state index is 0.216. The molecule has 0 bridgehead atoms. The van der Waals surface area contributed by atoms with Crippen LogP contribution in [0.2, 0.25) is 0 Å². The Kier molecular flexibility index (Phi) is 8.98. The van der Waals surface area contributed by atoms with E-state index >= 15 is 0 Å². The Balaban J connectivity index is 0.000000858. The lowest BCUT2D eigenvalue weighted by Crippen LogP contribution is -2.36. The van der Waals surface area contributed by atoms with Gasteiger partial charge >= 0.3 is 0 Å². The summed E-state index contributed by atoms with van der Waals surface area (Å²) in [6, 6.07) is 21.0. The zero-order valence-corrected chi connectivity index (χ0v) is 18.9. The van der Waals surface area contributed by atoms with Crippen molar-refractivity contribution in [2.45, 2.75) is 18.9 Å². The van der Waals surface area contributed by atoms with E-state index in [1.165, 1.54) is 24.3 Å². The summed E-state index contributed by atoms with van der Waals surface area (Å²) in [4.78, 5) is 26.4. The molecular formula is C25H32N2O3S. The molecule has 2 aromatic rings. The summed E-state index contributed by atoms with van der Waals surface area (Å²) in [6.45, 7) is 4.09. The quantitative estimate of drug-likeness (QED) is 0.524. The van der Waals surface area contributed by atoms with Crippen LogP contribution in [0.1, 0.15) is 23.6 Å². The van der Waals surface area contributed by atoms with Crippen LogP contribution in [0.25, 0.3) is 0 Å². The van der Waals surface area contributed by atoms with Gasteiger partial charge in [-0.1, -0.05) is 60.7 Å². The van der Waals surface area contributed by atoms with Gasteiger partial charge in [-0.25, -0.2) is 0 Å². The molecule has 0 unspecified atom stereocenters. The summed E-state index contributed by atoms with van der Waals surface area (Å²) in [6.07, 6.45) is 3.94. The highest BCUT2D eigenvalue weighted by atomic mass is 32.2. The number of nitrogens with zero attached hydrogens (tertiary/aromatic N) is 2. The lowest BCUT2D eigenvalue weighted by molar-refractivity contribution is -0.132. The van der Waals surface area contributed by atoms with Gasteiger partial charge in [0.05, 0.1) is 12.5 Å². The van der Waals surface area contributed by atoms with Crippen LogP contribution in [0.4, 0.5) is 0 Å². The van der Waals surface area contributed by atoms with Crippen molar-refractivity contribution in [2.75, 3.05) is 38.2 Å². The summed E-state index contributed by atoms with van der Waals surface area (Å²) < 4.78 is 0. The maximum absolute atomic E-state index is 13.2. The van der Waals surface area contributed by atoms with Crippen molar-refractivity contribution in [3.8, 4) is 0 Å². The fourth-order valence-electron chi connectivity index (χ4n) is 4.96. The smallest absolute Gasteiger partial charge is 0.290 e.